The molecule has 0 amide bonds. The number of rotatable bonds is 10. The second kappa shape index (κ2) is 17.6. The molecule has 0 aliphatic carbocycles. The van der Waals surface area contributed by atoms with Crippen molar-refractivity contribution in [3.05, 3.63) is 267 Å². The Hall–Kier alpha value is -8.96. The third kappa shape index (κ3) is 7.67. The molecule has 11 aromatic carbocycles. The Morgan fingerprint density at radius 2 is 0.786 bits per heavy atom. The van der Waals surface area contributed by atoms with Gasteiger partial charge >= 0.3 is 0 Å². The van der Waals surface area contributed by atoms with Crippen molar-refractivity contribution in [3.63, 3.8) is 0 Å². The first kappa shape index (κ1) is 36.1. The van der Waals surface area contributed by atoms with Crippen LogP contribution in [0.2, 0.25) is 0 Å². The second-order valence-corrected chi connectivity index (χ2v) is 18.5. The molecule has 0 saturated heterocycles. The number of hydrogen-bond donors (Lipinski definition) is 0. The van der Waals surface area contributed by atoms with Gasteiger partial charge in [0, 0.05) is 65.1 Å². The van der Waals surface area contributed by atoms with E-state index in [1.54, 1.807) is 16.2 Å². The lowest BCUT2D eigenvalue weighted by Gasteiger charge is -2.26. The summed E-state index contributed by atoms with van der Waals surface area (Å²) in [6, 6.07) is 79.8. The Kier molecular flexibility index (Phi) is 9.09. The van der Waals surface area contributed by atoms with Crippen LogP contribution in [0.25, 0.3) is 86.6 Å². The molecule has 0 radical (unpaired) electrons. The molecule has 0 fully saturated rings. The molecule has 13 aromatic rings. The highest BCUT2D eigenvalue weighted by Crippen LogP contribution is 2.42. The van der Waals surface area contributed by atoms with E-state index in [1.165, 1.54) is 20.2 Å². The molecule has 0 N–H and O–H groups in total. The SMILES string of the molecule is [2H]c1c([2H])c([2H])c(N(c2ccc(-c3ccc4sc5ccccc5c4c3)cc2)c2cccc(-c3ccc(-c4cccc(-c5ccc6c(c5)oc5ccc(N(c7ccccc7)c7ccccc7)cc56)c4)cc3)c2)c([2H])c1[2H]. The smallest absolute Gasteiger partial charge is 0.136 e. The van der Waals surface area contributed by atoms with Crippen LogP contribution in [0, 0.1) is 0 Å². The average molecular weight is 918 g/mol. The number of thiophene rings is 1. The molecule has 0 unspecified atom stereocenters. The third-order valence-electron chi connectivity index (χ3n) is 13.1. The first-order valence-corrected chi connectivity index (χ1v) is 24.1. The third-order valence-corrected chi connectivity index (χ3v) is 14.3. The Balaban J connectivity index is 0.801. The van der Waals surface area contributed by atoms with Crippen molar-refractivity contribution in [2.24, 2.45) is 0 Å². The van der Waals surface area contributed by atoms with Crippen LogP contribution in [0.4, 0.5) is 34.1 Å². The van der Waals surface area contributed by atoms with Crippen LogP contribution in [0.1, 0.15) is 6.85 Å². The van der Waals surface area contributed by atoms with Crippen LogP contribution in [0.3, 0.4) is 0 Å². The number of furan rings is 1. The monoisotopic (exact) mass is 917 g/mol. The van der Waals surface area contributed by atoms with Crippen LogP contribution in [-0.4, -0.2) is 0 Å². The minimum Gasteiger partial charge on any atom is -0.456 e. The summed E-state index contributed by atoms with van der Waals surface area (Å²) < 4.78 is 52.7. The van der Waals surface area contributed by atoms with E-state index in [-0.39, 0.29) is 29.9 Å². The van der Waals surface area contributed by atoms with Gasteiger partial charge in [-0.05, 0) is 160 Å². The number of para-hydroxylation sites is 3. The van der Waals surface area contributed by atoms with Gasteiger partial charge in [0.05, 0.1) is 6.85 Å². The Morgan fingerprint density at radius 3 is 1.51 bits per heavy atom. The lowest BCUT2D eigenvalue weighted by molar-refractivity contribution is 0.669. The zero-order valence-electron chi connectivity index (χ0n) is 42.7. The zero-order valence-corrected chi connectivity index (χ0v) is 38.5. The average Bonchev–Trinajstić information content (AvgIpc) is 4.03. The molecular formula is C66H44N2OS. The van der Waals surface area contributed by atoms with E-state index in [2.05, 4.69) is 181 Å². The normalized spacial score (nSPS) is 12.4. The maximum atomic E-state index is 9.07. The molecule has 0 aliphatic heterocycles. The van der Waals surface area contributed by atoms with Crippen LogP contribution < -0.4 is 9.80 Å². The quantitative estimate of drug-likeness (QED) is 0.136. The Labute approximate surface area is 418 Å². The molecule has 0 bridgehead atoms. The fourth-order valence-electron chi connectivity index (χ4n) is 9.71. The summed E-state index contributed by atoms with van der Waals surface area (Å²) in [5, 5.41) is 4.54. The molecule has 4 heteroatoms. The summed E-state index contributed by atoms with van der Waals surface area (Å²) in [4.78, 5) is 4.03. The summed E-state index contributed by atoms with van der Waals surface area (Å²) >= 11 is 1.78. The number of anilines is 6. The fourth-order valence-corrected chi connectivity index (χ4v) is 10.8. The molecule has 330 valence electrons. The van der Waals surface area contributed by atoms with Crippen LogP contribution in [-0.2, 0) is 0 Å². The standard InChI is InChI=1S/C66H44N2OS/c1-4-17-53(18-5-1)67(54-19-6-2-7-20-54)58-36-38-63-61(44-58)59-37-32-52(43-64(59)69-63)49-15-12-14-48(40-49)45-26-28-46(29-27-45)50-16-13-23-57(41-50)68(55-21-8-3-9-22-55)56-34-30-47(31-35-56)51-33-39-66-62(42-51)60-24-10-11-25-65(60)70-66/h1-44H/i3D,8D,9D,21D,22D. The highest BCUT2D eigenvalue weighted by molar-refractivity contribution is 7.25. The number of hydrogen-bond acceptors (Lipinski definition) is 4. The van der Waals surface area contributed by atoms with Gasteiger partial charge in [-0.3, -0.25) is 0 Å². The summed E-state index contributed by atoms with van der Waals surface area (Å²) in [5.74, 6) is 0. The molecule has 0 saturated carbocycles. The van der Waals surface area contributed by atoms with Crippen molar-refractivity contribution in [3.8, 4) is 44.5 Å². The summed E-state index contributed by atoms with van der Waals surface area (Å²) in [5.41, 5.74) is 14.5. The van der Waals surface area contributed by atoms with Gasteiger partial charge in [-0.25, -0.2) is 0 Å². The predicted molar refractivity (Wildman–Crippen MR) is 298 cm³/mol. The maximum Gasteiger partial charge on any atom is 0.136 e. The van der Waals surface area contributed by atoms with Gasteiger partial charge in [-0.2, -0.15) is 0 Å². The molecule has 0 spiro atoms. The van der Waals surface area contributed by atoms with Gasteiger partial charge < -0.3 is 14.2 Å². The molecule has 3 nitrogen and oxygen atoms in total. The van der Waals surface area contributed by atoms with Gasteiger partial charge in [0.15, 0.2) is 0 Å². The lowest BCUT2D eigenvalue weighted by Crippen LogP contribution is -2.09. The van der Waals surface area contributed by atoms with Crippen LogP contribution >= 0.6 is 11.3 Å². The molecule has 2 aromatic heterocycles. The maximum absolute atomic E-state index is 9.07. The van der Waals surface area contributed by atoms with Crippen LogP contribution in [0.5, 0.6) is 0 Å². The van der Waals surface area contributed by atoms with E-state index in [1.807, 2.05) is 60.7 Å². The van der Waals surface area contributed by atoms with E-state index in [0.29, 0.717) is 11.4 Å². The van der Waals surface area contributed by atoms with Gasteiger partial charge in [0.25, 0.3) is 0 Å². The first-order chi connectivity index (χ1) is 36.7. The highest BCUT2D eigenvalue weighted by atomic mass is 32.1. The lowest BCUT2D eigenvalue weighted by atomic mass is 9.96. The van der Waals surface area contributed by atoms with Crippen molar-refractivity contribution in [2.45, 2.75) is 0 Å². The number of benzene rings is 11. The number of fused-ring (bicyclic) bond motifs is 6. The van der Waals surface area contributed by atoms with E-state index in [9.17, 15) is 0 Å². The minimum absolute atomic E-state index is 0.0786. The minimum atomic E-state index is -0.434. The van der Waals surface area contributed by atoms with Crippen molar-refractivity contribution in [1.29, 1.82) is 0 Å². The highest BCUT2D eigenvalue weighted by Gasteiger charge is 2.17. The number of nitrogens with zero attached hydrogens (tertiary/aromatic N) is 2. The fraction of sp³-hybridized carbons (Fsp3) is 0. The van der Waals surface area contributed by atoms with Gasteiger partial charge in [0.2, 0.25) is 0 Å². The van der Waals surface area contributed by atoms with Gasteiger partial charge in [0.1, 0.15) is 11.2 Å². The molecule has 2 heterocycles. The summed E-state index contributed by atoms with van der Waals surface area (Å²) in [6.45, 7) is 0. The van der Waals surface area contributed by atoms with Crippen molar-refractivity contribution in [2.75, 3.05) is 9.80 Å². The van der Waals surface area contributed by atoms with Crippen molar-refractivity contribution >= 4 is 87.6 Å². The predicted octanol–water partition coefficient (Wildman–Crippen LogP) is 19.6. The topological polar surface area (TPSA) is 19.6 Å². The molecule has 0 atom stereocenters. The van der Waals surface area contributed by atoms with E-state index in [4.69, 9.17) is 11.3 Å². The van der Waals surface area contributed by atoms with Crippen LogP contribution in [0.15, 0.2) is 271 Å². The molecule has 70 heavy (non-hydrogen) atoms. The summed E-state index contributed by atoms with van der Waals surface area (Å²) in [7, 11) is 0. The molecule has 0 aliphatic rings. The molecule has 13 rings (SSSR count). The van der Waals surface area contributed by atoms with Crippen molar-refractivity contribution in [1.82, 2.24) is 0 Å². The Morgan fingerprint density at radius 1 is 0.286 bits per heavy atom. The summed E-state index contributed by atoms with van der Waals surface area (Å²) in [6.07, 6.45) is 0. The van der Waals surface area contributed by atoms with Gasteiger partial charge in [-0.15, -0.1) is 11.3 Å². The van der Waals surface area contributed by atoms with E-state index < -0.39 is 6.04 Å². The zero-order chi connectivity index (χ0) is 50.7. The first-order valence-electron chi connectivity index (χ1n) is 25.8. The van der Waals surface area contributed by atoms with E-state index >= 15 is 0 Å². The van der Waals surface area contributed by atoms with Crippen molar-refractivity contribution < 1.29 is 11.3 Å². The second-order valence-electron chi connectivity index (χ2n) is 17.4. The van der Waals surface area contributed by atoms with E-state index in [0.717, 1.165) is 83.5 Å². The Bertz CT molecular complexity index is 4240. The van der Waals surface area contributed by atoms with Gasteiger partial charge in [-0.1, -0.05) is 152 Å². The largest absolute Gasteiger partial charge is 0.456 e. The molecular weight excluding hydrogens is 869 g/mol.